The summed E-state index contributed by atoms with van der Waals surface area (Å²) in [6, 6.07) is 9.76. The van der Waals surface area contributed by atoms with Crippen LogP contribution in [0.5, 0.6) is 0 Å². The third kappa shape index (κ3) is 1.61. The van der Waals surface area contributed by atoms with Gasteiger partial charge in [-0.1, -0.05) is 12.1 Å². The largest absolute Gasteiger partial charge is 0.321 e. The summed E-state index contributed by atoms with van der Waals surface area (Å²) in [4.78, 5) is 15.8. The van der Waals surface area contributed by atoms with E-state index in [0.717, 1.165) is 12.0 Å². The average molecular weight is 237 g/mol. The number of nitriles is 1. The van der Waals surface area contributed by atoms with Crippen LogP contribution in [-0.2, 0) is 0 Å². The van der Waals surface area contributed by atoms with Crippen LogP contribution in [0.2, 0.25) is 0 Å². The summed E-state index contributed by atoms with van der Waals surface area (Å²) in [6.45, 7) is 0. The molecule has 0 fully saturated rings. The number of aromatic nitrogens is 2. The van der Waals surface area contributed by atoms with Gasteiger partial charge < -0.3 is 4.57 Å². The van der Waals surface area contributed by atoms with Gasteiger partial charge in [0.1, 0.15) is 5.69 Å². The number of carbonyl (C=O) groups excluding carboxylic acids is 1. The molecule has 1 aliphatic heterocycles. The minimum absolute atomic E-state index is 0.146. The van der Waals surface area contributed by atoms with Crippen LogP contribution in [-0.4, -0.2) is 15.3 Å². The summed E-state index contributed by atoms with van der Waals surface area (Å²) >= 11 is 0. The van der Waals surface area contributed by atoms with Crippen LogP contribution in [0, 0.1) is 11.3 Å². The zero-order chi connectivity index (χ0) is 12.5. The molecule has 1 aromatic heterocycles. The maximum Gasteiger partial charge on any atom is 0.180 e. The van der Waals surface area contributed by atoms with Gasteiger partial charge >= 0.3 is 0 Å². The summed E-state index contributed by atoms with van der Waals surface area (Å²) in [6.07, 6.45) is 4.66. The average Bonchev–Trinajstić information content (AvgIpc) is 2.90. The number of fused-ring (bicyclic) bond motifs is 1. The fraction of sp³-hybridized carbons (Fsp3) is 0.214. The van der Waals surface area contributed by atoms with Gasteiger partial charge in [-0.3, -0.25) is 4.79 Å². The second-order valence-corrected chi connectivity index (χ2v) is 4.40. The Bertz CT molecular complexity index is 634. The summed E-state index contributed by atoms with van der Waals surface area (Å²) in [5, 5.41) is 8.79. The molecule has 88 valence electrons. The lowest BCUT2D eigenvalue weighted by atomic mass is 9.95. The third-order valence-electron chi connectivity index (χ3n) is 3.36. The van der Waals surface area contributed by atoms with E-state index in [4.69, 9.17) is 5.26 Å². The van der Waals surface area contributed by atoms with Crippen LogP contribution in [0.15, 0.2) is 36.8 Å². The zero-order valence-corrected chi connectivity index (χ0v) is 9.71. The van der Waals surface area contributed by atoms with E-state index in [-0.39, 0.29) is 11.8 Å². The normalized spacial score (nSPS) is 18.2. The highest BCUT2D eigenvalue weighted by Crippen LogP contribution is 2.30. The Labute approximate surface area is 105 Å². The maximum absolute atomic E-state index is 11.7. The smallest absolute Gasteiger partial charge is 0.180 e. The Kier molecular flexibility index (Phi) is 2.45. The predicted molar refractivity (Wildman–Crippen MR) is 65.1 cm³/mol. The highest BCUT2D eigenvalue weighted by molar-refractivity contribution is 5.95. The standard InChI is InChI=1S/C14H11N3O/c15-7-10-1-3-11(4-2-10)12-5-6-14(18)13-8-16-9-17(12)13/h1-4,8-9,12H,5-6H2. The highest BCUT2D eigenvalue weighted by Gasteiger charge is 2.26. The predicted octanol–water partition coefficient (Wildman–Crippen LogP) is 2.32. The van der Waals surface area contributed by atoms with Gasteiger partial charge in [-0.05, 0) is 24.1 Å². The molecule has 1 aromatic carbocycles. The number of Topliss-reactive ketones (excluding diaryl/α,β-unsaturated/α-hetero) is 1. The summed E-state index contributed by atoms with van der Waals surface area (Å²) < 4.78 is 1.92. The Morgan fingerprint density at radius 3 is 2.83 bits per heavy atom. The van der Waals surface area contributed by atoms with Crippen molar-refractivity contribution < 1.29 is 4.79 Å². The van der Waals surface area contributed by atoms with Crippen LogP contribution in [0.3, 0.4) is 0 Å². The van der Waals surface area contributed by atoms with E-state index in [2.05, 4.69) is 11.1 Å². The lowest BCUT2D eigenvalue weighted by Gasteiger charge is -2.25. The first-order chi connectivity index (χ1) is 8.79. The molecular weight excluding hydrogens is 226 g/mol. The number of carbonyl (C=O) groups is 1. The van der Waals surface area contributed by atoms with E-state index in [1.807, 2.05) is 28.8 Å². The highest BCUT2D eigenvalue weighted by atomic mass is 16.1. The van der Waals surface area contributed by atoms with Crippen molar-refractivity contribution >= 4 is 5.78 Å². The molecule has 2 aromatic rings. The number of benzene rings is 1. The molecule has 0 bridgehead atoms. The molecule has 18 heavy (non-hydrogen) atoms. The minimum Gasteiger partial charge on any atom is -0.321 e. The van der Waals surface area contributed by atoms with Crippen molar-refractivity contribution in [2.75, 3.05) is 0 Å². The van der Waals surface area contributed by atoms with Crippen molar-refractivity contribution in [3.8, 4) is 6.07 Å². The van der Waals surface area contributed by atoms with Gasteiger partial charge in [0.15, 0.2) is 5.78 Å². The van der Waals surface area contributed by atoms with Gasteiger partial charge in [-0.2, -0.15) is 5.26 Å². The van der Waals surface area contributed by atoms with Gasteiger partial charge in [0.05, 0.1) is 30.2 Å². The second kappa shape index (κ2) is 4.11. The molecule has 0 saturated heterocycles. The minimum atomic E-state index is 0.146. The Hall–Kier alpha value is -2.41. The van der Waals surface area contributed by atoms with Gasteiger partial charge in [-0.15, -0.1) is 0 Å². The van der Waals surface area contributed by atoms with Gasteiger partial charge in [0, 0.05) is 6.42 Å². The molecule has 0 amide bonds. The fourth-order valence-corrected chi connectivity index (χ4v) is 2.41. The lowest BCUT2D eigenvalue weighted by molar-refractivity contribution is 0.0948. The zero-order valence-electron chi connectivity index (χ0n) is 9.71. The van der Waals surface area contributed by atoms with E-state index < -0.39 is 0 Å². The topological polar surface area (TPSA) is 58.7 Å². The second-order valence-electron chi connectivity index (χ2n) is 4.40. The third-order valence-corrected chi connectivity index (χ3v) is 3.36. The first kappa shape index (κ1) is 10.7. The molecule has 0 saturated carbocycles. The molecule has 2 heterocycles. The van der Waals surface area contributed by atoms with E-state index in [1.165, 1.54) is 0 Å². The van der Waals surface area contributed by atoms with Crippen LogP contribution in [0.4, 0.5) is 0 Å². The van der Waals surface area contributed by atoms with Crippen molar-refractivity contribution in [1.29, 1.82) is 5.26 Å². The van der Waals surface area contributed by atoms with E-state index in [1.54, 1.807) is 12.5 Å². The number of ketones is 1. The van der Waals surface area contributed by atoms with Crippen LogP contribution in [0.25, 0.3) is 0 Å². The molecule has 4 heteroatoms. The first-order valence-corrected chi connectivity index (χ1v) is 5.84. The molecule has 4 nitrogen and oxygen atoms in total. The lowest BCUT2D eigenvalue weighted by Crippen LogP contribution is -2.22. The molecular formula is C14H11N3O. The van der Waals surface area contributed by atoms with Crippen molar-refractivity contribution in [2.45, 2.75) is 18.9 Å². The van der Waals surface area contributed by atoms with Crippen LogP contribution >= 0.6 is 0 Å². The van der Waals surface area contributed by atoms with Crippen molar-refractivity contribution in [2.24, 2.45) is 0 Å². The Balaban J connectivity index is 2.01. The molecule has 1 unspecified atom stereocenters. The molecule has 0 spiro atoms. The molecule has 1 atom stereocenters. The molecule has 3 rings (SSSR count). The summed E-state index contributed by atoms with van der Waals surface area (Å²) in [7, 11) is 0. The molecule has 0 radical (unpaired) electrons. The molecule has 0 N–H and O–H groups in total. The summed E-state index contributed by atoms with van der Waals surface area (Å²) in [5.74, 6) is 0.150. The number of hydrogen-bond donors (Lipinski definition) is 0. The Morgan fingerprint density at radius 2 is 2.11 bits per heavy atom. The fourth-order valence-electron chi connectivity index (χ4n) is 2.41. The van der Waals surface area contributed by atoms with E-state index >= 15 is 0 Å². The van der Waals surface area contributed by atoms with Crippen LogP contribution < -0.4 is 0 Å². The Morgan fingerprint density at radius 1 is 1.33 bits per heavy atom. The molecule has 1 aliphatic rings. The van der Waals surface area contributed by atoms with E-state index in [0.29, 0.717) is 17.7 Å². The van der Waals surface area contributed by atoms with Crippen molar-refractivity contribution in [1.82, 2.24) is 9.55 Å². The number of nitrogens with zero attached hydrogens (tertiary/aromatic N) is 3. The quantitative estimate of drug-likeness (QED) is 0.764. The SMILES string of the molecule is N#Cc1ccc(C2CCC(=O)c3cncn32)cc1. The monoisotopic (exact) mass is 237 g/mol. The summed E-state index contributed by atoms with van der Waals surface area (Å²) in [5.41, 5.74) is 2.44. The molecule has 0 aliphatic carbocycles. The number of imidazole rings is 1. The first-order valence-electron chi connectivity index (χ1n) is 5.84. The van der Waals surface area contributed by atoms with Crippen molar-refractivity contribution in [3.05, 3.63) is 53.6 Å². The van der Waals surface area contributed by atoms with Gasteiger partial charge in [0.25, 0.3) is 0 Å². The van der Waals surface area contributed by atoms with Crippen molar-refractivity contribution in [3.63, 3.8) is 0 Å². The number of hydrogen-bond acceptors (Lipinski definition) is 3. The maximum atomic E-state index is 11.7. The number of rotatable bonds is 1. The van der Waals surface area contributed by atoms with Gasteiger partial charge in [0.2, 0.25) is 0 Å². The van der Waals surface area contributed by atoms with Gasteiger partial charge in [-0.25, -0.2) is 4.98 Å². The van der Waals surface area contributed by atoms with E-state index in [9.17, 15) is 4.79 Å². The van der Waals surface area contributed by atoms with Crippen LogP contribution in [0.1, 0.15) is 40.5 Å².